The van der Waals surface area contributed by atoms with E-state index in [1.807, 2.05) is 0 Å². The van der Waals surface area contributed by atoms with E-state index in [4.69, 9.17) is 4.74 Å². The number of nitro groups is 1. The standard InChI is InChI=1S/C5H8N2O4/c1-3-4(11-2)5(8)6(3)7(9)10/h3-4H,1-2H3/t3-,4+/m1/s1. The monoisotopic (exact) mass is 160 g/mol. The van der Waals surface area contributed by atoms with Gasteiger partial charge in [0.05, 0.1) is 0 Å². The Hall–Kier alpha value is -1.17. The Balaban J connectivity index is 2.64. The number of carbonyl (C=O) groups is 1. The maximum absolute atomic E-state index is 10.8. The van der Waals surface area contributed by atoms with Crippen LogP contribution >= 0.6 is 0 Å². The van der Waals surface area contributed by atoms with E-state index in [1.165, 1.54) is 7.11 Å². The first kappa shape index (κ1) is 7.93. The molecular formula is C5H8N2O4. The molecule has 6 nitrogen and oxygen atoms in total. The minimum Gasteiger partial charge on any atom is -0.369 e. The van der Waals surface area contributed by atoms with Crippen molar-refractivity contribution in [3.63, 3.8) is 0 Å². The lowest BCUT2D eigenvalue weighted by Gasteiger charge is -2.35. The number of amides is 1. The molecule has 11 heavy (non-hydrogen) atoms. The van der Waals surface area contributed by atoms with Crippen molar-refractivity contribution in [2.75, 3.05) is 7.11 Å². The van der Waals surface area contributed by atoms with Gasteiger partial charge in [0.1, 0.15) is 6.04 Å². The highest BCUT2D eigenvalue weighted by atomic mass is 16.7. The largest absolute Gasteiger partial charge is 0.369 e. The van der Waals surface area contributed by atoms with E-state index in [1.54, 1.807) is 6.92 Å². The van der Waals surface area contributed by atoms with E-state index >= 15 is 0 Å². The SMILES string of the molecule is CO[C@@H]1C(=O)N([N+](=O)[O-])[C@@H]1C. The zero-order valence-electron chi connectivity index (χ0n) is 6.18. The summed E-state index contributed by atoms with van der Waals surface area (Å²) in [6.07, 6.45) is -0.639. The molecular weight excluding hydrogens is 152 g/mol. The third-order valence-corrected chi connectivity index (χ3v) is 1.72. The average molecular weight is 160 g/mol. The highest BCUT2D eigenvalue weighted by Crippen LogP contribution is 2.21. The summed E-state index contributed by atoms with van der Waals surface area (Å²) >= 11 is 0. The molecule has 1 saturated heterocycles. The van der Waals surface area contributed by atoms with Crippen LogP contribution in [0.1, 0.15) is 6.92 Å². The van der Waals surface area contributed by atoms with Crippen LogP contribution in [-0.4, -0.2) is 35.2 Å². The van der Waals surface area contributed by atoms with Crippen molar-refractivity contribution in [2.45, 2.75) is 19.1 Å². The molecule has 1 amide bonds. The Labute approximate surface area is 62.9 Å². The molecule has 1 heterocycles. The number of hydrazine groups is 1. The second-order valence-corrected chi connectivity index (χ2v) is 2.32. The summed E-state index contributed by atoms with van der Waals surface area (Å²) in [5.74, 6) is -0.579. The van der Waals surface area contributed by atoms with Gasteiger partial charge in [0.25, 0.3) is 0 Å². The van der Waals surface area contributed by atoms with Gasteiger partial charge in [-0.2, -0.15) is 0 Å². The lowest BCUT2D eigenvalue weighted by molar-refractivity contribution is -0.656. The lowest BCUT2D eigenvalue weighted by Crippen LogP contribution is -2.65. The first-order chi connectivity index (χ1) is 5.09. The quantitative estimate of drug-likeness (QED) is 0.308. The topological polar surface area (TPSA) is 72.7 Å². The Morgan fingerprint density at radius 2 is 2.27 bits per heavy atom. The molecule has 0 unspecified atom stereocenters. The summed E-state index contributed by atoms with van der Waals surface area (Å²) in [5.41, 5.74) is 0. The number of ether oxygens (including phenoxy) is 1. The van der Waals surface area contributed by atoms with Crippen LogP contribution in [-0.2, 0) is 9.53 Å². The van der Waals surface area contributed by atoms with E-state index in [0.717, 1.165) is 0 Å². The van der Waals surface area contributed by atoms with Crippen LogP contribution in [0.4, 0.5) is 0 Å². The maximum Gasteiger partial charge on any atom is 0.314 e. The number of hydrogen-bond donors (Lipinski definition) is 0. The molecule has 1 fully saturated rings. The highest BCUT2D eigenvalue weighted by Gasteiger charge is 2.53. The molecule has 2 atom stereocenters. The second-order valence-electron chi connectivity index (χ2n) is 2.32. The molecule has 0 aliphatic carbocycles. The summed E-state index contributed by atoms with van der Waals surface area (Å²) in [6.45, 7) is 1.57. The molecule has 1 aliphatic rings. The molecule has 0 bridgehead atoms. The number of carbonyl (C=O) groups excluding carboxylic acids is 1. The molecule has 62 valence electrons. The molecule has 0 aromatic carbocycles. The zero-order chi connectivity index (χ0) is 8.59. The molecule has 0 spiro atoms. The Morgan fingerprint density at radius 3 is 2.55 bits per heavy atom. The predicted molar refractivity (Wildman–Crippen MR) is 34.1 cm³/mol. The van der Waals surface area contributed by atoms with Crippen LogP contribution in [0.5, 0.6) is 0 Å². The third kappa shape index (κ3) is 0.949. The van der Waals surface area contributed by atoms with Crippen LogP contribution < -0.4 is 0 Å². The van der Waals surface area contributed by atoms with Gasteiger partial charge in [-0.3, -0.25) is 4.79 Å². The smallest absolute Gasteiger partial charge is 0.314 e. The van der Waals surface area contributed by atoms with E-state index in [2.05, 4.69) is 0 Å². The predicted octanol–water partition coefficient (Wildman–Crippen LogP) is -0.576. The number of rotatable bonds is 2. The fourth-order valence-electron chi connectivity index (χ4n) is 1.11. The highest BCUT2D eigenvalue weighted by molar-refractivity contribution is 5.86. The maximum atomic E-state index is 10.8. The van der Waals surface area contributed by atoms with Crippen molar-refractivity contribution in [3.05, 3.63) is 10.1 Å². The van der Waals surface area contributed by atoms with Gasteiger partial charge in [-0.05, 0) is 6.92 Å². The summed E-state index contributed by atoms with van der Waals surface area (Å²) in [6, 6.07) is -0.456. The molecule has 0 radical (unpaired) electrons. The minimum atomic E-state index is -0.720. The molecule has 1 rings (SSSR count). The first-order valence-electron chi connectivity index (χ1n) is 3.09. The normalized spacial score (nSPS) is 30.0. The van der Waals surface area contributed by atoms with Crippen LogP contribution in [0, 0.1) is 10.1 Å². The number of hydrogen-bond acceptors (Lipinski definition) is 4. The molecule has 0 aromatic heterocycles. The van der Waals surface area contributed by atoms with E-state index in [0.29, 0.717) is 5.01 Å². The molecule has 0 N–H and O–H groups in total. The Kier molecular flexibility index (Phi) is 1.77. The average Bonchev–Trinajstić information content (AvgIpc) is 1.87. The van der Waals surface area contributed by atoms with Gasteiger partial charge in [-0.1, -0.05) is 5.01 Å². The minimum absolute atomic E-state index is 0.456. The van der Waals surface area contributed by atoms with E-state index in [-0.39, 0.29) is 0 Å². The molecule has 1 aliphatic heterocycles. The van der Waals surface area contributed by atoms with Gasteiger partial charge in [-0.25, -0.2) is 10.1 Å². The molecule has 0 aromatic rings. The van der Waals surface area contributed by atoms with Crippen molar-refractivity contribution >= 4 is 5.91 Å². The van der Waals surface area contributed by atoms with Gasteiger partial charge in [-0.15, -0.1) is 0 Å². The zero-order valence-corrected chi connectivity index (χ0v) is 6.18. The Morgan fingerprint density at radius 1 is 1.73 bits per heavy atom. The van der Waals surface area contributed by atoms with E-state index < -0.39 is 23.1 Å². The number of nitrogens with zero attached hydrogens (tertiary/aromatic N) is 2. The summed E-state index contributed by atoms with van der Waals surface area (Å²) in [4.78, 5) is 20.9. The number of β-lactam (4-membered cyclic amide) rings is 1. The van der Waals surface area contributed by atoms with Gasteiger partial charge in [0.15, 0.2) is 11.1 Å². The molecule has 0 saturated carbocycles. The van der Waals surface area contributed by atoms with Crippen molar-refractivity contribution in [2.24, 2.45) is 0 Å². The number of methoxy groups -OCH3 is 1. The third-order valence-electron chi connectivity index (χ3n) is 1.72. The van der Waals surface area contributed by atoms with Crippen molar-refractivity contribution < 1.29 is 14.6 Å². The van der Waals surface area contributed by atoms with Gasteiger partial charge < -0.3 is 4.74 Å². The van der Waals surface area contributed by atoms with Crippen LogP contribution in [0.15, 0.2) is 0 Å². The van der Waals surface area contributed by atoms with Crippen molar-refractivity contribution in [3.8, 4) is 0 Å². The summed E-state index contributed by atoms with van der Waals surface area (Å²) in [5, 5.41) is 9.96. The van der Waals surface area contributed by atoms with Gasteiger partial charge in [0.2, 0.25) is 0 Å². The summed E-state index contributed by atoms with van der Waals surface area (Å²) in [7, 11) is 1.36. The lowest BCUT2D eigenvalue weighted by atomic mass is 10.0. The van der Waals surface area contributed by atoms with Crippen LogP contribution in [0.2, 0.25) is 0 Å². The van der Waals surface area contributed by atoms with Gasteiger partial charge >= 0.3 is 5.91 Å². The fraction of sp³-hybridized carbons (Fsp3) is 0.800. The van der Waals surface area contributed by atoms with Crippen LogP contribution in [0.3, 0.4) is 0 Å². The van der Waals surface area contributed by atoms with Crippen molar-refractivity contribution in [1.29, 1.82) is 0 Å². The summed E-state index contributed by atoms with van der Waals surface area (Å²) < 4.78 is 4.70. The van der Waals surface area contributed by atoms with Gasteiger partial charge in [0, 0.05) is 7.11 Å². The second kappa shape index (κ2) is 2.46. The Bertz CT molecular complexity index is 205. The van der Waals surface area contributed by atoms with E-state index in [9.17, 15) is 14.9 Å². The van der Waals surface area contributed by atoms with Crippen LogP contribution in [0.25, 0.3) is 0 Å². The fourth-order valence-corrected chi connectivity index (χ4v) is 1.11. The van der Waals surface area contributed by atoms with Crippen molar-refractivity contribution in [1.82, 2.24) is 5.01 Å². The molecule has 6 heteroatoms. The first-order valence-corrected chi connectivity index (χ1v) is 3.09.